The van der Waals surface area contributed by atoms with Crippen LogP contribution >= 0.6 is 0 Å². The van der Waals surface area contributed by atoms with Gasteiger partial charge in [-0.05, 0) is 30.5 Å². The number of rotatable bonds is 9. The summed E-state index contributed by atoms with van der Waals surface area (Å²) in [5, 5.41) is 0. The van der Waals surface area contributed by atoms with E-state index in [1.807, 2.05) is 0 Å². The van der Waals surface area contributed by atoms with Crippen molar-refractivity contribution in [1.82, 2.24) is 5.43 Å². The van der Waals surface area contributed by atoms with Crippen molar-refractivity contribution in [2.24, 2.45) is 5.84 Å². The fraction of sp³-hybridized carbons (Fsp3) is 0.600. The third-order valence-corrected chi connectivity index (χ3v) is 3.28. The Morgan fingerprint density at radius 3 is 2.33 bits per heavy atom. The number of hydrogen-bond donors (Lipinski definition) is 2. The Morgan fingerprint density at radius 1 is 1.14 bits per heavy atom. The van der Waals surface area contributed by atoms with Gasteiger partial charge in [0.05, 0.1) is 0 Å². The van der Waals surface area contributed by atoms with Gasteiger partial charge in [-0.15, -0.1) is 13.2 Å². The van der Waals surface area contributed by atoms with Gasteiger partial charge in [0.25, 0.3) is 0 Å². The molecule has 0 saturated carbocycles. The minimum Gasteiger partial charge on any atom is -0.406 e. The van der Waals surface area contributed by atoms with Gasteiger partial charge in [-0.25, -0.2) is 0 Å². The van der Waals surface area contributed by atoms with Crippen molar-refractivity contribution in [3.8, 4) is 5.75 Å². The van der Waals surface area contributed by atoms with Gasteiger partial charge in [0.2, 0.25) is 0 Å². The molecule has 0 spiro atoms. The second-order valence-corrected chi connectivity index (χ2v) is 5.11. The molecular weight excluding hydrogens is 281 g/mol. The summed E-state index contributed by atoms with van der Waals surface area (Å²) in [5.41, 5.74) is 3.70. The van der Waals surface area contributed by atoms with E-state index >= 15 is 0 Å². The SMILES string of the molecule is CCCCCCC(Cc1ccc(OC(F)(F)F)cc1)NN. The molecule has 0 saturated heterocycles. The lowest BCUT2D eigenvalue weighted by Crippen LogP contribution is -2.36. The Bertz CT molecular complexity index is 393. The molecule has 0 heterocycles. The van der Waals surface area contributed by atoms with E-state index in [0.29, 0.717) is 6.42 Å². The highest BCUT2D eigenvalue weighted by molar-refractivity contribution is 5.27. The summed E-state index contributed by atoms with van der Waals surface area (Å²) < 4.78 is 40.0. The highest BCUT2D eigenvalue weighted by Gasteiger charge is 2.30. The van der Waals surface area contributed by atoms with Crippen LogP contribution in [0, 0.1) is 0 Å². The Kier molecular flexibility index (Phi) is 7.53. The highest BCUT2D eigenvalue weighted by atomic mass is 19.4. The molecule has 120 valence electrons. The van der Waals surface area contributed by atoms with Crippen LogP contribution in [0.15, 0.2) is 24.3 Å². The van der Waals surface area contributed by atoms with E-state index in [2.05, 4.69) is 17.1 Å². The summed E-state index contributed by atoms with van der Waals surface area (Å²) in [6, 6.07) is 6.06. The fourth-order valence-corrected chi connectivity index (χ4v) is 2.17. The summed E-state index contributed by atoms with van der Waals surface area (Å²) in [7, 11) is 0. The molecule has 1 rings (SSSR count). The first kappa shape index (κ1) is 17.8. The van der Waals surface area contributed by atoms with Crippen LogP contribution in [0.3, 0.4) is 0 Å². The first-order valence-corrected chi connectivity index (χ1v) is 7.25. The van der Waals surface area contributed by atoms with E-state index in [4.69, 9.17) is 5.84 Å². The molecule has 1 atom stereocenters. The predicted octanol–water partition coefficient (Wildman–Crippen LogP) is 3.93. The number of hydrazine groups is 1. The number of halogens is 3. The van der Waals surface area contributed by atoms with Crippen molar-refractivity contribution in [2.45, 2.75) is 57.9 Å². The Morgan fingerprint density at radius 2 is 1.81 bits per heavy atom. The molecule has 0 aliphatic carbocycles. The third-order valence-electron chi connectivity index (χ3n) is 3.28. The van der Waals surface area contributed by atoms with E-state index < -0.39 is 6.36 Å². The average Bonchev–Trinajstić information content (AvgIpc) is 2.42. The molecule has 0 aliphatic rings. The summed E-state index contributed by atoms with van der Waals surface area (Å²) >= 11 is 0. The zero-order valence-electron chi connectivity index (χ0n) is 12.2. The van der Waals surface area contributed by atoms with Crippen LogP contribution in [-0.4, -0.2) is 12.4 Å². The number of unbranched alkanes of at least 4 members (excludes halogenated alkanes) is 3. The van der Waals surface area contributed by atoms with Crippen molar-refractivity contribution in [2.75, 3.05) is 0 Å². The summed E-state index contributed by atoms with van der Waals surface area (Å²) in [5.74, 6) is 5.32. The molecule has 0 bridgehead atoms. The van der Waals surface area contributed by atoms with E-state index in [9.17, 15) is 13.2 Å². The first-order chi connectivity index (χ1) is 9.94. The Balaban J connectivity index is 2.45. The van der Waals surface area contributed by atoms with E-state index in [1.54, 1.807) is 12.1 Å². The van der Waals surface area contributed by atoms with Crippen molar-refractivity contribution in [3.63, 3.8) is 0 Å². The van der Waals surface area contributed by atoms with E-state index in [0.717, 1.165) is 18.4 Å². The van der Waals surface area contributed by atoms with Gasteiger partial charge < -0.3 is 4.74 Å². The lowest BCUT2D eigenvalue weighted by Gasteiger charge is -2.16. The van der Waals surface area contributed by atoms with Gasteiger partial charge in [0, 0.05) is 6.04 Å². The quantitative estimate of drug-likeness (QED) is 0.413. The summed E-state index contributed by atoms with van der Waals surface area (Å²) in [6.07, 6.45) is 1.65. The molecule has 0 fully saturated rings. The third kappa shape index (κ3) is 7.92. The van der Waals surface area contributed by atoms with Crippen LogP contribution in [0.2, 0.25) is 0 Å². The number of benzene rings is 1. The number of ether oxygens (including phenoxy) is 1. The molecule has 1 aromatic carbocycles. The molecule has 0 radical (unpaired) electrons. The van der Waals surface area contributed by atoms with Crippen molar-refractivity contribution in [3.05, 3.63) is 29.8 Å². The van der Waals surface area contributed by atoms with Crippen molar-refractivity contribution >= 4 is 0 Å². The topological polar surface area (TPSA) is 47.3 Å². The van der Waals surface area contributed by atoms with E-state index in [-0.39, 0.29) is 11.8 Å². The molecule has 0 aromatic heterocycles. The van der Waals surface area contributed by atoms with Gasteiger partial charge in [-0.3, -0.25) is 11.3 Å². The second-order valence-electron chi connectivity index (χ2n) is 5.11. The lowest BCUT2D eigenvalue weighted by molar-refractivity contribution is -0.274. The van der Waals surface area contributed by atoms with Crippen LogP contribution in [0.5, 0.6) is 5.75 Å². The molecule has 6 heteroatoms. The smallest absolute Gasteiger partial charge is 0.406 e. The van der Waals surface area contributed by atoms with Gasteiger partial charge in [0.15, 0.2) is 0 Å². The van der Waals surface area contributed by atoms with Gasteiger partial charge in [-0.2, -0.15) is 0 Å². The van der Waals surface area contributed by atoms with Crippen LogP contribution < -0.4 is 16.0 Å². The largest absolute Gasteiger partial charge is 0.573 e. The maximum absolute atomic E-state index is 12.1. The predicted molar refractivity (Wildman–Crippen MR) is 76.7 cm³/mol. The average molecular weight is 304 g/mol. The maximum Gasteiger partial charge on any atom is 0.573 e. The fourth-order valence-electron chi connectivity index (χ4n) is 2.17. The monoisotopic (exact) mass is 304 g/mol. The van der Waals surface area contributed by atoms with Gasteiger partial charge in [0.1, 0.15) is 5.75 Å². The van der Waals surface area contributed by atoms with Crippen LogP contribution in [0.4, 0.5) is 13.2 Å². The number of hydrogen-bond acceptors (Lipinski definition) is 3. The highest BCUT2D eigenvalue weighted by Crippen LogP contribution is 2.23. The molecule has 1 unspecified atom stereocenters. The number of alkyl halides is 3. The molecule has 0 amide bonds. The minimum absolute atomic E-state index is 0.135. The second kappa shape index (κ2) is 8.89. The Hall–Kier alpha value is -1.27. The number of nitrogens with one attached hydrogen (secondary N) is 1. The molecule has 1 aromatic rings. The van der Waals surface area contributed by atoms with Crippen molar-refractivity contribution in [1.29, 1.82) is 0 Å². The molecular formula is C15H23F3N2O. The first-order valence-electron chi connectivity index (χ1n) is 7.25. The van der Waals surface area contributed by atoms with Gasteiger partial charge in [-0.1, -0.05) is 44.7 Å². The normalized spacial score (nSPS) is 13.2. The zero-order valence-corrected chi connectivity index (χ0v) is 12.2. The molecule has 3 nitrogen and oxygen atoms in total. The van der Waals surface area contributed by atoms with Crippen molar-refractivity contribution < 1.29 is 17.9 Å². The zero-order chi connectivity index (χ0) is 15.7. The lowest BCUT2D eigenvalue weighted by atomic mass is 10.0. The van der Waals surface area contributed by atoms with Crippen LogP contribution in [0.25, 0.3) is 0 Å². The molecule has 21 heavy (non-hydrogen) atoms. The van der Waals surface area contributed by atoms with Gasteiger partial charge >= 0.3 is 6.36 Å². The standard InChI is InChI=1S/C15H23F3N2O/c1-2-3-4-5-6-13(20-19)11-12-7-9-14(10-8-12)21-15(16,17)18/h7-10,13,20H,2-6,11,19H2,1H3. The van der Waals surface area contributed by atoms with Crippen LogP contribution in [-0.2, 0) is 6.42 Å². The van der Waals surface area contributed by atoms with Crippen LogP contribution in [0.1, 0.15) is 44.6 Å². The summed E-state index contributed by atoms with van der Waals surface area (Å²) in [6.45, 7) is 2.16. The molecule has 3 N–H and O–H groups in total. The number of nitrogens with two attached hydrogens (primary N) is 1. The Labute approximate surface area is 123 Å². The summed E-state index contributed by atoms with van der Waals surface area (Å²) in [4.78, 5) is 0. The molecule has 0 aliphatic heterocycles. The minimum atomic E-state index is -4.65. The maximum atomic E-state index is 12.1. The van der Waals surface area contributed by atoms with E-state index in [1.165, 1.54) is 31.4 Å².